The van der Waals surface area contributed by atoms with Crippen molar-refractivity contribution >= 4 is 26.7 Å². The van der Waals surface area contributed by atoms with Gasteiger partial charge in [0.1, 0.15) is 5.69 Å². The number of hydrogen-bond acceptors (Lipinski definition) is 6. The van der Waals surface area contributed by atoms with Crippen LogP contribution in [0.2, 0.25) is 0 Å². The van der Waals surface area contributed by atoms with E-state index >= 15 is 0 Å². The molecule has 0 unspecified atom stereocenters. The fourth-order valence-corrected chi connectivity index (χ4v) is 5.92. The van der Waals surface area contributed by atoms with E-state index in [4.69, 9.17) is 4.98 Å². The second kappa shape index (κ2) is 8.27. The van der Waals surface area contributed by atoms with E-state index in [9.17, 15) is 13.7 Å². The molecule has 2 heterocycles. The molecule has 0 N–H and O–H groups in total. The van der Waals surface area contributed by atoms with E-state index in [1.165, 1.54) is 0 Å². The molecule has 0 spiro atoms. The lowest BCUT2D eigenvalue weighted by atomic mass is 10.00. The van der Waals surface area contributed by atoms with Crippen LogP contribution in [-0.2, 0) is 9.84 Å². The zero-order chi connectivity index (χ0) is 22.2. The van der Waals surface area contributed by atoms with E-state index < -0.39 is 15.1 Å². The number of piperidine rings is 1. The number of para-hydroxylation sites is 2. The molecule has 1 saturated heterocycles. The first-order chi connectivity index (χ1) is 14.8. The first kappa shape index (κ1) is 21.3. The number of rotatable bonds is 4. The Labute approximate surface area is 183 Å². The summed E-state index contributed by atoms with van der Waals surface area (Å²) in [5.74, 6) is 0.969. The average molecular weight is 435 g/mol. The van der Waals surface area contributed by atoms with Gasteiger partial charge in [0.2, 0.25) is 9.84 Å². The van der Waals surface area contributed by atoms with Crippen LogP contribution in [0.4, 0.5) is 5.82 Å². The molecule has 0 saturated carbocycles. The second-order valence-electron chi connectivity index (χ2n) is 8.44. The number of nitriles is 1. The molecule has 1 fully saturated rings. The summed E-state index contributed by atoms with van der Waals surface area (Å²) in [6, 6.07) is 14.7. The minimum atomic E-state index is -3.99. The summed E-state index contributed by atoms with van der Waals surface area (Å²) in [6.07, 6.45) is 2.12. The lowest BCUT2D eigenvalue weighted by Crippen LogP contribution is -2.36. The zero-order valence-electron chi connectivity index (χ0n) is 18.0. The van der Waals surface area contributed by atoms with Gasteiger partial charge in [-0.1, -0.05) is 31.2 Å². The number of aromatic nitrogens is 2. The number of sulfone groups is 1. The Bertz CT molecular complexity index is 1280. The number of anilines is 1. The van der Waals surface area contributed by atoms with Gasteiger partial charge in [0.25, 0.3) is 0 Å². The molecule has 31 heavy (non-hydrogen) atoms. The molecular weight excluding hydrogens is 408 g/mol. The molecule has 1 aromatic heterocycles. The quantitative estimate of drug-likeness (QED) is 0.600. The van der Waals surface area contributed by atoms with Crippen LogP contribution in [0.25, 0.3) is 11.0 Å². The lowest BCUT2D eigenvalue weighted by Gasteiger charge is -2.33. The van der Waals surface area contributed by atoms with Gasteiger partial charge >= 0.3 is 0 Å². The summed E-state index contributed by atoms with van der Waals surface area (Å²) in [7, 11) is -3.99. The molecule has 2 atom stereocenters. The van der Waals surface area contributed by atoms with Gasteiger partial charge in [0, 0.05) is 13.1 Å². The zero-order valence-corrected chi connectivity index (χ0v) is 18.9. The first-order valence-electron chi connectivity index (χ1n) is 10.5. The van der Waals surface area contributed by atoms with Crippen molar-refractivity contribution in [3.8, 4) is 6.07 Å². The van der Waals surface area contributed by atoms with E-state index in [0.29, 0.717) is 28.3 Å². The SMILES string of the molecule is Cc1ccc(C)c(S(=O)(=O)[C@@H](C#N)c2nc3ccccc3nc2N2CCC[C@@H](C)C2)c1. The molecule has 1 aliphatic rings. The van der Waals surface area contributed by atoms with Crippen LogP contribution in [0.15, 0.2) is 47.4 Å². The highest BCUT2D eigenvalue weighted by Gasteiger charge is 2.36. The van der Waals surface area contributed by atoms with Crippen LogP contribution in [0, 0.1) is 31.1 Å². The van der Waals surface area contributed by atoms with Crippen molar-refractivity contribution in [2.75, 3.05) is 18.0 Å². The van der Waals surface area contributed by atoms with E-state index in [-0.39, 0.29) is 10.6 Å². The van der Waals surface area contributed by atoms with Crippen molar-refractivity contribution in [2.45, 2.75) is 43.8 Å². The van der Waals surface area contributed by atoms with Gasteiger partial charge in [-0.05, 0) is 61.9 Å². The van der Waals surface area contributed by atoms with Crippen molar-refractivity contribution < 1.29 is 8.42 Å². The predicted molar refractivity (Wildman–Crippen MR) is 122 cm³/mol. The van der Waals surface area contributed by atoms with Crippen molar-refractivity contribution in [2.24, 2.45) is 5.92 Å². The Balaban J connectivity index is 1.93. The Morgan fingerprint density at radius 2 is 1.84 bits per heavy atom. The number of nitrogens with zero attached hydrogens (tertiary/aromatic N) is 4. The normalized spacial score (nSPS) is 18.0. The largest absolute Gasteiger partial charge is 0.355 e. The number of hydrogen-bond donors (Lipinski definition) is 0. The summed E-state index contributed by atoms with van der Waals surface area (Å²) in [5.41, 5.74) is 2.95. The number of fused-ring (bicyclic) bond motifs is 1. The standard InChI is InChI=1S/C24H26N4O2S/c1-16-10-11-18(3)21(13-16)31(29,30)22(14-25)23-24(28-12-6-7-17(2)15-28)27-20-9-5-4-8-19(20)26-23/h4-5,8-11,13,17,22H,6-7,12,15H2,1-3H3/t17-,22+/m1/s1. The first-order valence-corrected chi connectivity index (χ1v) is 12.1. The van der Waals surface area contributed by atoms with Crippen LogP contribution in [-0.4, -0.2) is 31.5 Å². The Hall–Kier alpha value is -2.98. The number of benzene rings is 2. The molecule has 160 valence electrons. The monoisotopic (exact) mass is 434 g/mol. The third kappa shape index (κ3) is 4.00. The van der Waals surface area contributed by atoms with Gasteiger partial charge in [-0.15, -0.1) is 0 Å². The van der Waals surface area contributed by atoms with E-state index in [2.05, 4.69) is 16.8 Å². The summed E-state index contributed by atoms with van der Waals surface area (Å²) >= 11 is 0. The maximum Gasteiger partial charge on any atom is 0.200 e. The molecule has 0 radical (unpaired) electrons. The van der Waals surface area contributed by atoms with Crippen LogP contribution in [0.5, 0.6) is 0 Å². The van der Waals surface area contributed by atoms with Gasteiger partial charge < -0.3 is 4.90 Å². The second-order valence-corrected chi connectivity index (χ2v) is 10.4. The van der Waals surface area contributed by atoms with Gasteiger partial charge in [-0.3, -0.25) is 0 Å². The molecule has 7 heteroatoms. The minimum Gasteiger partial charge on any atom is -0.355 e. The highest BCUT2D eigenvalue weighted by molar-refractivity contribution is 7.92. The fourth-order valence-electron chi connectivity index (χ4n) is 4.21. The smallest absolute Gasteiger partial charge is 0.200 e. The molecular formula is C24H26N4O2S. The van der Waals surface area contributed by atoms with E-state index in [0.717, 1.165) is 31.5 Å². The Morgan fingerprint density at radius 1 is 1.13 bits per heavy atom. The Kier molecular flexibility index (Phi) is 5.67. The van der Waals surface area contributed by atoms with Crippen LogP contribution < -0.4 is 4.90 Å². The van der Waals surface area contributed by atoms with E-state index in [1.807, 2.05) is 37.3 Å². The number of aryl methyl sites for hydroxylation is 2. The summed E-state index contributed by atoms with van der Waals surface area (Å²) in [4.78, 5) is 11.7. The van der Waals surface area contributed by atoms with Crippen molar-refractivity contribution in [3.63, 3.8) is 0 Å². The summed E-state index contributed by atoms with van der Waals surface area (Å²) in [6.45, 7) is 7.30. The highest BCUT2D eigenvalue weighted by atomic mass is 32.2. The molecule has 6 nitrogen and oxygen atoms in total. The maximum atomic E-state index is 13.7. The molecule has 3 aromatic rings. The minimum absolute atomic E-state index is 0.173. The van der Waals surface area contributed by atoms with Gasteiger partial charge in [0.05, 0.1) is 22.0 Å². The van der Waals surface area contributed by atoms with Crippen LogP contribution in [0.1, 0.15) is 41.8 Å². The third-order valence-corrected chi connectivity index (χ3v) is 7.86. The molecule has 4 rings (SSSR count). The molecule has 1 aliphatic heterocycles. The molecule has 0 bridgehead atoms. The summed E-state index contributed by atoms with van der Waals surface area (Å²) in [5, 5.41) is 8.63. The molecule has 0 aliphatic carbocycles. The van der Waals surface area contributed by atoms with Crippen molar-refractivity contribution in [3.05, 3.63) is 59.3 Å². The van der Waals surface area contributed by atoms with Gasteiger partial charge in [0.15, 0.2) is 11.1 Å². The third-order valence-electron chi connectivity index (χ3n) is 5.86. The van der Waals surface area contributed by atoms with E-state index in [1.54, 1.807) is 25.1 Å². The lowest BCUT2D eigenvalue weighted by molar-refractivity contribution is 0.443. The fraction of sp³-hybridized carbons (Fsp3) is 0.375. The van der Waals surface area contributed by atoms with Crippen molar-refractivity contribution in [1.29, 1.82) is 5.26 Å². The highest BCUT2D eigenvalue weighted by Crippen LogP contribution is 2.36. The van der Waals surface area contributed by atoms with Gasteiger partial charge in [-0.2, -0.15) is 5.26 Å². The van der Waals surface area contributed by atoms with Crippen molar-refractivity contribution in [1.82, 2.24) is 9.97 Å². The summed E-state index contributed by atoms with van der Waals surface area (Å²) < 4.78 is 27.3. The Morgan fingerprint density at radius 3 is 2.52 bits per heavy atom. The van der Waals surface area contributed by atoms with Crippen LogP contribution >= 0.6 is 0 Å². The molecule has 0 amide bonds. The predicted octanol–water partition coefficient (Wildman–Crippen LogP) is 4.52. The van der Waals surface area contributed by atoms with Gasteiger partial charge in [-0.25, -0.2) is 18.4 Å². The molecule has 2 aromatic carbocycles. The van der Waals surface area contributed by atoms with Crippen LogP contribution in [0.3, 0.4) is 0 Å². The topological polar surface area (TPSA) is 86.9 Å². The average Bonchev–Trinajstić information content (AvgIpc) is 2.75. The maximum absolute atomic E-state index is 13.7.